The molecule has 0 saturated heterocycles. The van der Waals surface area contributed by atoms with Crippen LogP contribution in [0.15, 0.2) is 48.5 Å². The van der Waals surface area contributed by atoms with Crippen molar-refractivity contribution in [2.75, 3.05) is 7.11 Å². The van der Waals surface area contributed by atoms with E-state index in [1.165, 1.54) is 11.1 Å². The SMILES string of the molecule is COc1ccc(CNC(=O)NC2CC3(C2)CC(C(=O)NC2CCc4ccccc4C2)C3)cc1. The third-order valence-electron chi connectivity index (χ3n) is 7.73. The molecule has 2 fully saturated rings. The molecule has 3 aliphatic rings. The first-order valence-corrected chi connectivity index (χ1v) is 12.1. The van der Waals surface area contributed by atoms with Gasteiger partial charge in [0.15, 0.2) is 0 Å². The number of methoxy groups -OCH3 is 1. The van der Waals surface area contributed by atoms with E-state index in [2.05, 4.69) is 40.2 Å². The molecule has 3 N–H and O–H groups in total. The Hall–Kier alpha value is -3.02. The lowest BCUT2D eigenvalue weighted by Crippen LogP contribution is -2.60. The van der Waals surface area contributed by atoms with E-state index in [1.54, 1.807) is 7.11 Å². The second-order valence-corrected chi connectivity index (χ2v) is 10.1. The second kappa shape index (κ2) is 9.08. The zero-order valence-corrected chi connectivity index (χ0v) is 19.2. The van der Waals surface area contributed by atoms with Crippen molar-refractivity contribution in [3.63, 3.8) is 0 Å². The quantitative estimate of drug-likeness (QED) is 0.631. The van der Waals surface area contributed by atoms with Crippen molar-refractivity contribution in [2.45, 2.75) is 63.6 Å². The van der Waals surface area contributed by atoms with E-state index in [0.29, 0.717) is 6.54 Å². The largest absolute Gasteiger partial charge is 0.497 e. The molecule has 2 aromatic rings. The van der Waals surface area contributed by atoms with Crippen LogP contribution in [0.3, 0.4) is 0 Å². The summed E-state index contributed by atoms with van der Waals surface area (Å²) in [5, 5.41) is 9.30. The summed E-state index contributed by atoms with van der Waals surface area (Å²) >= 11 is 0. The average Bonchev–Trinajstić information content (AvgIpc) is 2.78. The van der Waals surface area contributed by atoms with Gasteiger partial charge in [0, 0.05) is 24.5 Å². The molecule has 3 amide bonds. The molecule has 6 nitrogen and oxygen atoms in total. The minimum Gasteiger partial charge on any atom is -0.497 e. The number of hydrogen-bond acceptors (Lipinski definition) is 3. The number of ether oxygens (including phenoxy) is 1. The Balaban J connectivity index is 0.996. The summed E-state index contributed by atoms with van der Waals surface area (Å²) in [5.41, 5.74) is 4.09. The summed E-state index contributed by atoms with van der Waals surface area (Å²) in [6, 6.07) is 16.6. The van der Waals surface area contributed by atoms with Gasteiger partial charge in [-0.05, 0) is 79.2 Å². The Labute approximate surface area is 195 Å². The number of fused-ring (bicyclic) bond motifs is 1. The number of benzene rings is 2. The lowest BCUT2D eigenvalue weighted by Gasteiger charge is -2.57. The summed E-state index contributed by atoms with van der Waals surface area (Å²) < 4.78 is 5.15. The van der Waals surface area contributed by atoms with Gasteiger partial charge in [0.25, 0.3) is 0 Å². The molecule has 0 radical (unpaired) electrons. The molecule has 2 aromatic carbocycles. The molecule has 5 rings (SSSR count). The normalized spacial score (nSPS) is 27.5. The third-order valence-corrected chi connectivity index (χ3v) is 7.73. The van der Waals surface area contributed by atoms with Crippen LogP contribution in [0.5, 0.6) is 5.75 Å². The van der Waals surface area contributed by atoms with Gasteiger partial charge in [-0.25, -0.2) is 4.79 Å². The van der Waals surface area contributed by atoms with Gasteiger partial charge in [0.1, 0.15) is 5.75 Å². The lowest BCUT2D eigenvalue weighted by atomic mass is 9.50. The van der Waals surface area contributed by atoms with Crippen molar-refractivity contribution in [3.8, 4) is 5.75 Å². The fourth-order valence-corrected chi connectivity index (χ4v) is 5.89. The van der Waals surface area contributed by atoms with Crippen LogP contribution >= 0.6 is 0 Å². The Bertz CT molecular complexity index is 1010. The molecule has 0 aromatic heterocycles. The molecule has 174 valence electrons. The molecular weight excluding hydrogens is 414 g/mol. The van der Waals surface area contributed by atoms with Crippen LogP contribution in [0, 0.1) is 11.3 Å². The monoisotopic (exact) mass is 447 g/mol. The number of carbonyl (C=O) groups is 2. The predicted octanol–water partition coefficient (Wildman–Crippen LogP) is 3.73. The van der Waals surface area contributed by atoms with Crippen LogP contribution in [0.25, 0.3) is 0 Å². The maximum absolute atomic E-state index is 12.8. The molecular formula is C27H33N3O3. The number of hydrogen-bond donors (Lipinski definition) is 3. The standard InChI is InChI=1S/C27H33N3O3/c1-33-24-10-6-18(7-11-24)17-28-26(32)30-23-15-27(16-23)13-21(14-27)25(31)29-22-9-8-19-4-2-3-5-20(19)12-22/h2-7,10-11,21-23H,8-9,12-17H2,1H3,(H,29,31)(H2,28,30,32). The van der Waals surface area contributed by atoms with Crippen molar-refractivity contribution in [3.05, 3.63) is 65.2 Å². The highest BCUT2D eigenvalue weighted by Gasteiger charge is 2.55. The fraction of sp³-hybridized carbons (Fsp3) is 0.481. The van der Waals surface area contributed by atoms with E-state index < -0.39 is 0 Å². The van der Waals surface area contributed by atoms with Crippen LogP contribution in [0.2, 0.25) is 0 Å². The van der Waals surface area contributed by atoms with Crippen molar-refractivity contribution < 1.29 is 14.3 Å². The van der Waals surface area contributed by atoms with E-state index in [4.69, 9.17) is 4.74 Å². The summed E-state index contributed by atoms with van der Waals surface area (Å²) in [6.45, 7) is 0.488. The predicted molar refractivity (Wildman–Crippen MR) is 127 cm³/mol. The maximum atomic E-state index is 12.8. The molecule has 6 heteroatoms. The number of nitrogens with one attached hydrogen (secondary N) is 3. The van der Waals surface area contributed by atoms with E-state index in [9.17, 15) is 9.59 Å². The summed E-state index contributed by atoms with van der Waals surface area (Å²) in [6.07, 6.45) is 6.87. The molecule has 2 saturated carbocycles. The first-order valence-electron chi connectivity index (χ1n) is 12.1. The van der Waals surface area contributed by atoms with Gasteiger partial charge >= 0.3 is 6.03 Å². The summed E-state index contributed by atoms with van der Waals surface area (Å²) in [5.74, 6) is 1.16. The van der Waals surface area contributed by atoms with Crippen LogP contribution in [0.1, 0.15) is 48.8 Å². The Morgan fingerprint density at radius 2 is 1.67 bits per heavy atom. The van der Waals surface area contributed by atoms with E-state index in [0.717, 1.165) is 56.3 Å². The van der Waals surface area contributed by atoms with Crippen LogP contribution in [-0.2, 0) is 24.2 Å². The molecule has 0 aliphatic heterocycles. The fourth-order valence-electron chi connectivity index (χ4n) is 5.89. The molecule has 1 unspecified atom stereocenters. The number of rotatable bonds is 6. The highest BCUT2D eigenvalue weighted by molar-refractivity contribution is 5.80. The topological polar surface area (TPSA) is 79.5 Å². The number of aryl methyl sites for hydroxylation is 1. The minimum atomic E-state index is -0.128. The van der Waals surface area contributed by atoms with Crippen molar-refractivity contribution in [1.29, 1.82) is 0 Å². The smallest absolute Gasteiger partial charge is 0.315 e. The van der Waals surface area contributed by atoms with Gasteiger partial charge in [0.05, 0.1) is 7.11 Å². The van der Waals surface area contributed by atoms with Crippen LogP contribution in [-0.4, -0.2) is 31.1 Å². The highest BCUT2D eigenvalue weighted by Crippen LogP contribution is 2.58. The van der Waals surface area contributed by atoms with Crippen molar-refractivity contribution in [2.24, 2.45) is 11.3 Å². The zero-order chi connectivity index (χ0) is 22.8. The average molecular weight is 448 g/mol. The molecule has 33 heavy (non-hydrogen) atoms. The van der Waals surface area contributed by atoms with Gasteiger partial charge in [-0.3, -0.25) is 4.79 Å². The zero-order valence-electron chi connectivity index (χ0n) is 19.2. The van der Waals surface area contributed by atoms with Gasteiger partial charge in [-0.15, -0.1) is 0 Å². The molecule has 0 bridgehead atoms. The third kappa shape index (κ3) is 4.85. The first-order chi connectivity index (χ1) is 16.0. The maximum Gasteiger partial charge on any atom is 0.315 e. The van der Waals surface area contributed by atoms with Gasteiger partial charge < -0.3 is 20.7 Å². The molecule has 0 heterocycles. The van der Waals surface area contributed by atoms with E-state index in [1.807, 2.05) is 24.3 Å². The highest BCUT2D eigenvalue weighted by atomic mass is 16.5. The Morgan fingerprint density at radius 3 is 2.39 bits per heavy atom. The van der Waals surface area contributed by atoms with Gasteiger partial charge in [0.2, 0.25) is 5.91 Å². The lowest BCUT2D eigenvalue weighted by molar-refractivity contribution is -0.139. The summed E-state index contributed by atoms with van der Waals surface area (Å²) in [7, 11) is 1.64. The van der Waals surface area contributed by atoms with E-state index >= 15 is 0 Å². The number of urea groups is 1. The van der Waals surface area contributed by atoms with Crippen molar-refractivity contribution in [1.82, 2.24) is 16.0 Å². The Kier molecular flexibility index (Phi) is 6.00. The number of carbonyl (C=O) groups excluding carboxylic acids is 2. The summed E-state index contributed by atoms with van der Waals surface area (Å²) in [4.78, 5) is 25.0. The molecule has 1 spiro atoms. The van der Waals surface area contributed by atoms with Gasteiger partial charge in [-0.1, -0.05) is 36.4 Å². The van der Waals surface area contributed by atoms with Crippen LogP contribution < -0.4 is 20.7 Å². The first kappa shape index (κ1) is 21.8. The number of amides is 3. The van der Waals surface area contributed by atoms with Gasteiger partial charge in [-0.2, -0.15) is 0 Å². The van der Waals surface area contributed by atoms with E-state index in [-0.39, 0.29) is 35.4 Å². The van der Waals surface area contributed by atoms with Crippen LogP contribution in [0.4, 0.5) is 4.79 Å². The van der Waals surface area contributed by atoms with Crippen molar-refractivity contribution >= 4 is 11.9 Å². The molecule has 3 aliphatic carbocycles. The molecule has 1 atom stereocenters. The minimum absolute atomic E-state index is 0.128. The second-order valence-electron chi connectivity index (χ2n) is 10.1. The Morgan fingerprint density at radius 1 is 0.939 bits per heavy atom.